The molecule has 0 heterocycles. The van der Waals surface area contributed by atoms with Crippen LogP contribution in [0.1, 0.15) is 117 Å². The number of hydrogen-bond acceptors (Lipinski definition) is 3. The lowest BCUT2D eigenvalue weighted by atomic mass is 9.80. The first-order valence-electron chi connectivity index (χ1n) is 12.1. The van der Waals surface area contributed by atoms with Crippen molar-refractivity contribution in [2.45, 2.75) is 129 Å². The molecule has 0 saturated heterocycles. The van der Waals surface area contributed by atoms with Crippen LogP contribution in [-0.2, 0) is 19.9 Å². The quantitative estimate of drug-likeness (QED) is 0.420. The van der Waals surface area contributed by atoms with Gasteiger partial charge in [0.15, 0.2) is 0 Å². The van der Waals surface area contributed by atoms with Gasteiger partial charge in [0, 0.05) is 5.56 Å². The van der Waals surface area contributed by atoms with E-state index < -0.39 is 8.60 Å². The molecule has 0 N–H and O–H groups in total. The summed E-state index contributed by atoms with van der Waals surface area (Å²) in [5, 5.41) is 0. The molecule has 0 amide bonds. The first kappa shape index (κ1) is 24.0. The Morgan fingerprint density at radius 3 is 1.63 bits per heavy atom. The van der Waals surface area contributed by atoms with Gasteiger partial charge in [0.2, 0.25) is 0 Å². The van der Waals surface area contributed by atoms with Crippen LogP contribution in [0.25, 0.3) is 0 Å². The molecular formula is C26H43O3P. The van der Waals surface area contributed by atoms with Gasteiger partial charge in [-0.05, 0) is 48.1 Å². The highest BCUT2D eigenvalue weighted by atomic mass is 31.2. The van der Waals surface area contributed by atoms with Crippen LogP contribution in [-0.4, -0.2) is 12.2 Å². The second kappa shape index (κ2) is 10.3. The van der Waals surface area contributed by atoms with Crippen LogP contribution in [0.15, 0.2) is 18.2 Å². The lowest BCUT2D eigenvalue weighted by Crippen LogP contribution is -2.21. The highest BCUT2D eigenvalue weighted by Gasteiger charge is 2.30. The molecule has 30 heavy (non-hydrogen) atoms. The first-order valence-corrected chi connectivity index (χ1v) is 13.2. The van der Waals surface area contributed by atoms with Crippen LogP contribution < -0.4 is 4.52 Å². The molecule has 3 nitrogen and oxygen atoms in total. The van der Waals surface area contributed by atoms with Crippen molar-refractivity contribution in [1.29, 1.82) is 0 Å². The Hall–Kier alpha value is -0.630. The van der Waals surface area contributed by atoms with E-state index >= 15 is 0 Å². The van der Waals surface area contributed by atoms with Crippen molar-refractivity contribution in [3.8, 4) is 5.75 Å². The summed E-state index contributed by atoms with van der Waals surface area (Å²) in [6.45, 7) is 13.6. The molecule has 0 unspecified atom stereocenters. The molecule has 0 bridgehead atoms. The molecule has 1 aromatic rings. The van der Waals surface area contributed by atoms with Crippen molar-refractivity contribution in [3.63, 3.8) is 0 Å². The van der Waals surface area contributed by atoms with E-state index in [4.69, 9.17) is 13.6 Å². The number of rotatable bonds is 6. The number of benzene rings is 1. The third kappa shape index (κ3) is 6.94. The second-order valence-electron chi connectivity index (χ2n) is 11.3. The van der Waals surface area contributed by atoms with Crippen molar-refractivity contribution in [2.75, 3.05) is 0 Å². The van der Waals surface area contributed by atoms with Gasteiger partial charge in [0.05, 0.1) is 12.2 Å². The van der Waals surface area contributed by atoms with E-state index in [-0.39, 0.29) is 23.0 Å². The smallest absolute Gasteiger partial charge is 0.397 e. The molecule has 2 aliphatic rings. The largest absolute Gasteiger partial charge is 0.426 e. The maximum atomic E-state index is 6.57. The van der Waals surface area contributed by atoms with Gasteiger partial charge in [-0.2, -0.15) is 0 Å². The zero-order valence-electron chi connectivity index (χ0n) is 20.1. The summed E-state index contributed by atoms with van der Waals surface area (Å²) in [5.41, 5.74) is 2.68. The standard InChI is InChI=1S/C26H43O3P/c1-25(2,3)20-17-18-24(23(19-20)26(4,5)6)29-30(27-21-13-9-7-10-14-21)28-22-15-11-8-12-16-22/h17-19,21-22H,7-16H2,1-6H3. The Kier molecular flexibility index (Phi) is 8.27. The van der Waals surface area contributed by atoms with E-state index in [1.165, 1.54) is 49.7 Å². The van der Waals surface area contributed by atoms with Gasteiger partial charge < -0.3 is 4.52 Å². The Morgan fingerprint density at radius 1 is 0.700 bits per heavy atom. The van der Waals surface area contributed by atoms with Crippen molar-refractivity contribution in [1.82, 2.24) is 0 Å². The summed E-state index contributed by atoms with van der Waals surface area (Å²) in [6.07, 6.45) is 12.7. The van der Waals surface area contributed by atoms with Crippen LogP contribution in [0, 0.1) is 0 Å². The minimum Gasteiger partial charge on any atom is -0.426 e. The summed E-state index contributed by atoms with van der Waals surface area (Å²) in [5.74, 6) is 0.924. The van der Waals surface area contributed by atoms with E-state index in [2.05, 4.69) is 59.7 Å². The lowest BCUT2D eigenvalue weighted by Gasteiger charge is -2.32. The van der Waals surface area contributed by atoms with Crippen molar-refractivity contribution < 1.29 is 13.6 Å². The molecule has 0 radical (unpaired) electrons. The van der Waals surface area contributed by atoms with Crippen molar-refractivity contribution in [2.24, 2.45) is 0 Å². The molecule has 0 aromatic heterocycles. The SMILES string of the molecule is CC(C)(C)c1ccc(OP(OC2CCCCC2)OC2CCCCC2)c(C(C)(C)C)c1. The molecule has 170 valence electrons. The minimum atomic E-state index is -1.38. The molecule has 2 aliphatic carbocycles. The van der Waals surface area contributed by atoms with Gasteiger partial charge in [-0.15, -0.1) is 0 Å². The molecular weight excluding hydrogens is 391 g/mol. The van der Waals surface area contributed by atoms with Crippen molar-refractivity contribution in [3.05, 3.63) is 29.3 Å². The normalized spacial score (nSPS) is 20.0. The van der Waals surface area contributed by atoms with Gasteiger partial charge >= 0.3 is 8.60 Å². The average molecular weight is 435 g/mol. The molecule has 0 spiro atoms. The van der Waals surface area contributed by atoms with Gasteiger partial charge in [-0.1, -0.05) is 92.2 Å². The highest BCUT2D eigenvalue weighted by Crippen LogP contribution is 2.49. The van der Waals surface area contributed by atoms with E-state index in [9.17, 15) is 0 Å². The van der Waals surface area contributed by atoms with Gasteiger partial charge in [-0.25, -0.2) is 0 Å². The van der Waals surface area contributed by atoms with Crippen LogP contribution in [0.2, 0.25) is 0 Å². The predicted octanol–water partition coefficient (Wildman–Crippen LogP) is 8.59. The third-order valence-corrected chi connectivity index (χ3v) is 7.69. The first-order chi connectivity index (χ1) is 14.1. The van der Waals surface area contributed by atoms with E-state index in [0.29, 0.717) is 0 Å². The fourth-order valence-corrected chi connectivity index (χ4v) is 5.76. The molecule has 3 rings (SSSR count). The minimum absolute atomic E-state index is 0.00667. The van der Waals surface area contributed by atoms with Gasteiger partial charge in [0.1, 0.15) is 5.75 Å². The lowest BCUT2D eigenvalue weighted by molar-refractivity contribution is 0.0799. The summed E-state index contributed by atoms with van der Waals surface area (Å²) in [7, 11) is -1.38. The average Bonchev–Trinajstić information content (AvgIpc) is 2.68. The van der Waals surface area contributed by atoms with Gasteiger partial charge in [-0.3, -0.25) is 9.05 Å². The third-order valence-electron chi connectivity index (χ3n) is 6.40. The molecule has 1 aromatic carbocycles. The van der Waals surface area contributed by atoms with Crippen LogP contribution in [0.3, 0.4) is 0 Å². The van der Waals surface area contributed by atoms with E-state index in [1.807, 2.05) is 0 Å². The van der Waals surface area contributed by atoms with Crippen LogP contribution in [0.5, 0.6) is 5.75 Å². The molecule has 4 heteroatoms. The Morgan fingerprint density at radius 2 is 1.20 bits per heavy atom. The zero-order chi connectivity index (χ0) is 21.8. The van der Waals surface area contributed by atoms with Crippen LogP contribution >= 0.6 is 8.60 Å². The Bertz CT molecular complexity index is 642. The monoisotopic (exact) mass is 434 g/mol. The Labute approximate surface area is 186 Å². The number of hydrogen-bond donors (Lipinski definition) is 0. The molecule has 0 atom stereocenters. The summed E-state index contributed by atoms with van der Waals surface area (Å²) in [6, 6.07) is 6.67. The van der Waals surface area contributed by atoms with Crippen molar-refractivity contribution >= 4 is 8.60 Å². The summed E-state index contributed by atoms with van der Waals surface area (Å²) >= 11 is 0. The molecule has 0 aliphatic heterocycles. The topological polar surface area (TPSA) is 27.7 Å². The van der Waals surface area contributed by atoms with E-state index in [0.717, 1.165) is 31.4 Å². The van der Waals surface area contributed by atoms with E-state index in [1.54, 1.807) is 0 Å². The van der Waals surface area contributed by atoms with Crippen LogP contribution in [0.4, 0.5) is 0 Å². The highest BCUT2D eigenvalue weighted by molar-refractivity contribution is 7.42. The maximum absolute atomic E-state index is 6.57. The summed E-state index contributed by atoms with van der Waals surface area (Å²) < 4.78 is 19.5. The molecule has 2 saturated carbocycles. The fourth-order valence-electron chi connectivity index (χ4n) is 4.39. The molecule has 2 fully saturated rings. The maximum Gasteiger partial charge on any atom is 0.397 e. The van der Waals surface area contributed by atoms with Gasteiger partial charge in [0.25, 0.3) is 0 Å². The summed E-state index contributed by atoms with van der Waals surface area (Å²) in [4.78, 5) is 0. The zero-order valence-corrected chi connectivity index (χ0v) is 21.0. The fraction of sp³-hybridized carbons (Fsp3) is 0.769. The Balaban J connectivity index is 1.82. The second-order valence-corrected chi connectivity index (χ2v) is 12.3. The predicted molar refractivity (Wildman–Crippen MR) is 127 cm³/mol.